The zero-order valence-corrected chi connectivity index (χ0v) is 16.7. The van der Waals surface area contributed by atoms with Gasteiger partial charge in [0.2, 0.25) is 5.43 Å². The van der Waals surface area contributed by atoms with E-state index in [1.165, 1.54) is 12.8 Å². The Bertz CT molecular complexity index is 883. The first-order valence-corrected chi connectivity index (χ1v) is 9.61. The molecule has 4 rings (SSSR count). The molecule has 0 spiro atoms. The molecule has 1 amide bonds. The van der Waals surface area contributed by atoms with Gasteiger partial charge in [0.15, 0.2) is 5.69 Å². The fraction of sp³-hybridized carbons (Fsp3) is 0.550. The minimum absolute atomic E-state index is 0. The summed E-state index contributed by atoms with van der Waals surface area (Å²) in [5, 5.41) is 8.06. The number of benzene rings is 1. The minimum atomic E-state index is -0.334. The van der Waals surface area contributed by atoms with Gasteiger partial charge in [-0.05, 0) is 51.3 Å². The standard InChI is InChI=1S/C20H26N4O2.ClH/c1-3-10-24-17-7-5-4-6-16(17)19(25)18(22-24)20(26)21-13-11-14-8-9-15(12-13)23(14)2;/h4-7,13-15H,3,8-12H2,1-2H3,(H,21,26);1H/t13-,14+,15-;. The third-order valence-corrected chi connectivity index (χ3v) is 5.95. The zero-order valence-electron chi connectivity index (χ0n) is 15.9. The van der Waals surface area contributed by atoms with Gasteiger partial charge in [0.05, 0.1) is 5.52 Å². The summed E-state index contributed by atoms with van der Waals surface area (Å²) in [6.45, 7) is 2.74. The number of fused-ring (bicyclic) bond motifs is 3. The molecule has 0 saturated carbocycles. The van der Waals surface area contributed by atoms with Crippen molar-refractivity contribution in [1.82, 2.24) is 20.0 Å². The van der Waals surface area contributed by atoms with Crippen molar-refractivity contribution in [2.24, 2.45) is 0 Å². The van der Waals surface area contributed by atoms with E-state index in [1.807, 2.05) is 18.2 Å². The van der Waals surface area contributed by atoms with Gasteiger partial charge in [-0.25, -0.2) is 0 Å². The van der Waals surface area contributed by atoms with Crippen LogP contribution < -0.4 is 10.7 Å². The average Bonchev–Trinajstić information content (AvgIpc) is 2.85. The van der Waals surface area contributed by atoms with Crippen molar-refractivity contribution in [2.75, 3.05) is 7.05 Å². The summed E-state index contributed by atoms with van der Waals surface area (Å²) < 4.78 is 1.78. The smallest absolute Gasteiger partial charge is 0.276 e. The number of carbonyl (C=O) groups excluding carboxylic acids is 1. The lowest BCUT2D eigenvalue weighted by Gasteiger charge is -2.36. The fourth-order valence-electron chi connectivity index (χ4n) is 4.55. The molecule has 0 radical (unpaired) electrons. The summed E-state index contributed by atoms with van der Waals surface area (Å²) in [6, 6.07) is 8.60. The van der Waals surface area contributed by atoms with Gasteiger partial charge in [0.25, 0.3) is 5.91 Å². The van der Waals surface area contributed by atoms with Crippen molar-refractivity contribution in [2.45, 2.75) is 63.7 Å². The van der Waals surface area contributed by atoms with Crippen LogP contribution in [0.25, 0.3) is 10.9 Å². The van der Waals surface area contributed by atoms with Gasteiger partial charge in [-0.3, -0.25) is 14.3 Å². The van der Waals surface area contributed by atoms with E-state index in [4.69, 9.17) is 0 Å². The van der Waals surface area contributed by atoms with Crippen LogP contribution in [0, 0.1) is 0 Å². The van der Waals surface area contributed by atoms with Crippen LogP contribution in [0.2, 0.25) is 0 Å². The number of carbonyl (C=O) groups is 1. The van der Waals surface area contributed by atoms with Crippen molar-refractivity contribution in [3.63, 3.8) is 0 Å². The van der Waals surface area contributed by atoms with Crippen LogP contribution in [0.4, 0.5) is 0 Å². The topological polar surface area (TPSA) is 67.2 Å². The fourth-order valence-corrected chi connectivity index (χ4v) is 4.55. The van der Waals surface area contributed by atoms with Crippen molar-refractivity contribution < 1.29 is 4.79 Å². The van der Waals surface area contributed by atoms with Gasteiger partial charge in [0, 0.05) is 30.1 Å². The van der Waals surface area contributed by atoms with Gasteiger partial charge in [-0.1, -0.05) is 19.1 Å². The van der Waals surface area contributed by atoms with E-state index in [9.17, 15) is 9.59 Å². The summed E-state index contributed by atoms with van der Waals surface area (Å²) >= 11 is 0. The number of nitrogens with zero attached hydrogens (tertiary/aromatic N) is 3. The summed E-state index contributed by atoms with van der Waals surface area (Å²) in [4.78, 5) is 28.1. The maximum absolute atomic E-state index is 12.8. The molecule has 1 aromatic carbocycles. The number of aromatic nitrogens is 2. The lowest BCUT2D eigenvalue weighted by Crippen LogP contribution is -2.49. The molecule has 0 unspecified atom stereocenters. The van der Waals surface area contributed by atoms with E-state index in [-0.39, 0.29) is 35.5 Å². The first-order chi connectivity index (χ1) is 12.6. The number of hydrogen-bond acceptors (Lipinski definition) is 4. The number of para-hydroxylation sites is 1. The molecular weight excluding hydrogens is 364 g/mol. The van der Waals surface area contributed by atoms with Gasteiger partial charge < -0.3 is 10.2 Å². The second kappa shape index (κ2) is 7.98. The molecule has 2 aliphatic heterocycles. The molecule has 6 nitrogen and oxygen atoms in total. The Morgan fingerprint density at radius 2 is 1.89 bits per heavy atom. The van der Waals surface area contributed by atoms with E-state index >= 15 is 0 Å². The van der Waals surface area contributed by atoms with Crippen LogP contribution in [0.15, 0.2) is 29.1 Å². The van der Waals surface area contributed by atoms with E-state index in [0.717, 1.165) is 24.8 Å². The highest BCUT2D eigenvalue weighted by Crippen LogP contribution is 2.34. The molecule has 1 aromatic heterocycles. The molecule has 2 aromatic rings. The molecule has 27 heavy (non-hydrogen) atoms. The molecular formula is C20H27ClN4O2. The number of aryl methyl sites for hydroxylation is 1. The summed E-state index contributed by atoms with van der Waals surface area (Å²) in [5.74, 6) is -0.334. The summed E-state index contributed by atoms with van der Waals surface area (Å²) in [7, 11) is 2.18. The molecule has 2 saturated heterocycles. The molecule has 2 bridgehead atoms. The van der Waals surface area contributed by atoms with E-state index in [0.29, 0.717) is 24.0 Å². The van der Waals surface area contributed by atoms with Gasteiger partial charge in [-0.2, -0.15) is 5.10 Å². The highest BCUT2D eigenvalue weighted by atomic mass is 35.5. The van der Waals surface area contributed by atoms with Crippen LogP contribution in [0.5, 0.6) is 0 Å². The second-order valence-electron chi connectivity index (χ2n) is 7.61. The Labute approximate surface area is 165 Å². The lowest BCUT2D eigenvalue weighted by atomic mass is 9.98. The number of amides is 1. The molecule has 2 aliphatic rings. The monoisotopic (exact) mass is 390 g/mol. The first kappa shape index (κ1) is 19.8. The van der Waals surface area contributed by atoms with Gasteiger partial charge in [-0.15, -0.1) is 12.4 Å². The molecule has 146 valence electrons. The van der Waals surface area contributed by atoms with E-state index in [2.05, 4.69) is 29.3 Å². The van der Waals surface area contributed by atoms with Crippen molar-refractivity contribution in [3.8, 4) is 0 Å². The number of piperidine rings is 1. The Balaban J connectivity index is 0.00000210. The molecule has 1 N–H and O–H groups in total. The van der Waals surface area contributed by atoms with Crippen LogP contribution >= 0.6 is 12.4 Å². The largest absolute Gasteiger partial charge is 0.348 e. The first-order valence-electron chi connectivity index (χ1n) is 9.61. The zero-order chi connectivity index (χ0) is 18.3. The highest BCUT2D eigenvalue weighted by molar-refractivity contribution is 5.95. The Hall–Kier alpha value is -1.92. The number of rotatable bonds is 4. The van der Waals surface area contributed by atoms with Gasteiger partial charge >= 0.3 is 0 Å². The maximum atomic E-state index is 12.8. The number of halogens is 1. The van der Waals surface area contributed by atoms with Crippen molar-refractivity contribution in [3.05, 3.63) is 40.2 Å². The van der Waals surface area contributed by atoms with Gasteiger partial charge in [0.1, 0.15) is 0 Å². The second-order valence-corrected chi connectivity index (χ2v) is 7.61. The average molecular weight is 391 g/mol. The number of nitrogens with one attached hydrogen (secondary N) is 1. The molecule has 3 heterocycles. The van der Waals surface area contributed by atoms with Crippen molar-refractivity contribution >= 4 is 29.2 Å². The molecule has 7 heteroatoms. The van der Waals surface area contributed by atoms with Crippen LogP contribution in [-0.4, -0.2) is 45.8 Å². The third kappa shape index (κ3) is 3.60. The Morgan fingerprint density at radius 1 is 1.22 bits per heavy atom. The summed E-state index contributed by atoms with van der Waals surface area (Å²) in [5.41, 5.74) is 0.526. The predicted molar refractivity (Wildman–Crippen MR) is 109 cm³/mol. The third-order valence-electron chi connectivity index (χ3n) is 5.95. The normalized spacial score (nSPS) is 24.6. The molecule has 2 fully saturated rings. The van der Waals surface area contributed by atoms with Crippen LogP contribution in [0.3, 0.4) is 0 Å². The Kier molecular flexibility index (Phi) is 5.86. The Morgan fingerprint density at radius 3 is 2.56 bits per heavy atom. The SMILES string of the molecule is CCCn1nc(C(=O)N[C@H]2C[C@H]3CC[C@@H](C2)N3C)c(=O)c2ccccc21.Cl. The number of hydrogen-bond donors (Lipinski definition) is 1. The van der Waals surface area contributed by atoms with Crippen molar-refractivity contribution in [1.29, 1.82) is 0 Å². The highest BCUT2D eigenvalue weighted by Gasteiger charge is 2.39. The molecule has 3 atom stereocenters. The van der Waals surface area contributed by atoms with Crippen LogP contribution in [0.1, 0.15) is 49.5 Å². The van der Waals surface area contributed by atoms with Crippen LogP contribution in [-0.2, 0) is 6.54 Å². The predicted octanol–water partition coefficient (Wildman–Crippen LogP) is 2.58. The maximum Gasteiger partial charge on any atom is 0.276 e. The quantitative estimate of drug-likeness (QED) is 0.871. The molecule has 0 aliphatic carbocycles. The lowest BCUT2D eigenvalue weighted by molar-refractivity contribution is 0.0874. The van der Waals surface area contributed by atoms with E-state index in [1.54, 1.807) is 10.7 Å². The summed E-state index contributed by atoms with van der Waals surface area (Å²) in [6.07, 6.45) is 5.19. The minimum Gasteiger partial charge on any atom is -0.348 e. The van der Waals surface area contributed by atoms with E-state index < -0.39 is 0 Å².